The van der Waals surface area contributed by atoms with Gasteiger partial charge in [0.15, 0.2) is 0 Å². The molecule has 3 aromatic rings. The molecule has 0 radical (unpaired) electrons. The maximum atomic E-state index is 12.9. The van der Waals surface area contributed by atoms with Gasteiger partial charge in [0, 0.05) is 36.7 Å². The van der Waals surface area contributed by atoms with Gasteiger partial charge in [-0.2, -0.15) is 0 Å². The molecule has 0 aliphatic heterocycles. The first kappa shape index (κ1) is 17.7. The minimum atomic E-state index is 0.0608. The molecule has 0 aliphatic carbocycles. The first-order valence-electron chi connectivity index (χ1n) is 8.68. The average Bonchev–Trinajstić information content (AvgIpc) is 2.67. The molecule has 3 rings (SSSR count). The van der Waals surface area contributed by atoms with Crippen molar-refractivity contribution in [3.63, 3.8) is 0 Å². The van der Waals surface area contributed by atoms with Crippen molar-refractivity contribution in [3.8, 4) is 11.3 Å². The van der Waals surface area contributed by atoms with Gasteiger partial charge in [-0.15, -0.1) is 0 Å². The molecule has 0 aliphatic rings. The highest BCUT2D eigenvalue weighted by Crippen LogP contribution is 2.23. The number of hydrogen-bond acceptors (Lipinski definition) is 4. The Bertz CT molecular complexity index is 850. The molecule has 0 atom stereocenters. The fourth-order valence-corrected chi connectivity index (χ4v) is 2.87. The Hall–Kier alpha value is -3.08. The summed E-state index contributed by atoms with van der Waals surface area (Å²) in [5.74, 6) is 0.0608. The number of carbonyl (C=O) groups excluding carboxylic acids is 1. The van der Waals surface area contributed by atoms with Crippen molar-refractivity contribution < 1.29 is 4.79 Å². The second-order valence-corrected chi connectivity index (χ2v) is 6.41. The van der Waals surface area contributed by atoms with Crippen LogP contribution in [0.25, 0.3) is 11.3 Å². The molecule has 5 heteroatoms. The van der Waals surface area contributed by atoms with E-state index in [4.69, 9.17) is 0 Å². The lowest BCUT2D eigenvalue weighted by Crippen LogP contribution is -2.37. The lowest BCUT2D eigenvalue weighted by molar-refractivity contribution is -0.132. The molecule has 0 fully saturated rings. The van der Waals surface area contributed by atoms with Gasteiger partial charge in [0.05, 0.1) is 12.1 Å². The highest BCUT2D eigenvalue weighted by atomic mass is 16.2. The van der Waals surface area contributed by atoms with Crippen LogP contribution in [0.3, 0.4) is 0 Å². The van der Waals surface area contributed by atoms with Gasteiger partial charge in [-0.1, -0.05) is 30.3 Å². The van der Waals surface area contributed by atoms with E-state index in [2.05, 4.69) is 21.0 Å². The molecule has 1 amide bonds. The Labute approximate surface area is 153 Å². The van der Waals surface area contributed by atoms with E-state index in [-0.39, 0.29) is 11.9 Å². The smallest absolute Gasteiger partial charge is 0.227 e. The van der Waals surface area contributed by atoms with Gasteiger partial charge >= 0.3 is 0 Å². The SMILES string of the molecule is CC(C)N(Cc1ccccc1-c1ccccn1)C(=O)Cc1cncnc1. The second-order valence-electron chi connectivity index (χ2n) is 6.41. The Morgan fingerprint density at radius 2 is 1.77 bits per heavy atom. The maximum absolute atomic E-state index is 12.9. The summed E-state index contributed by atoms with van der Waals surface area (Å²) in [6.07, 6.45) is 6.92. The van der Waals surface area contributed by atoms with Crippen LogP contribution >= 0.6 is 0 Å². The molecule has 0 N–H and O–H groups in total. The number of carbonyl (C=O) groups is 1. The Kier molecular flexibility index (Phi) is 5.69. The highest BCUT2D eigenvalue weighted by molar-refractivity contribution is 5.79. The summed E-state index contributed by atoms with van der Waals surface area (Å²) in [6.45, 7) is 4.60. The zero-order valence-corrected chi connectivity index (χ0v) is 15.0. The lowest BCUT2D eigenvalue weighted by atomic mass is 10.0. The predicted octanol–water partition coefficient (Wildman–Crippen LogP) is 3.52. The topological polar surface area (TPSA) is 59.0 Å². The summed E-state index contributed by atoms with van der Waals surface area (Å²) in [5.41, 5.74) is 3.86. The molecule has 5 nitrogen and oxygen atoms in total. The van der Waals surface area contributed by atoms with E-state index in [9.17, 15) is 4.79 Å². The number of hydrogen-bond donors (Lipinski definition) is 0. The number of aromatic nitrogens is 3. The number of benzene rings is 1. The van der Waals surface area contributed by atoms with Crippen molar-refractivity contribution in [2.45, 2.75) is 32.9 Å². The van der Waals surface area contributed by atoms with Crippen LogP contribution in [0.5, 0.6) is 0 Å². The minimum Gasteiger partial charge on any atom is -0.336 e. The van der Waals surface area contributed by atoms with E-state index in [1.54, 1.807) is 18.6 Å². The molecule has 2 aromatic heterocycles. The summed E-state index contributed by atoms with van der Waals surface area (Å²) in [7, 11) is 0. The Morgan fingerprint density at radius 3 is 2.46 bits per heavy atom. The molecule has 132 valence electrons. The van der Waals surface area contributed by atoms with Crippen LogP contribution in [-0.4, -0.2) is 31.8 Å². The molecule has 1 aromatic carbocycles. The molecule has 0 saturated heterocycles. The number of rotatable bonds is 6. The number of pyridine rings is 1. The molecule has 0 unspecified atom stereocenters. The van der Waals surface area contributed by atoms with Crippen LogP contribution in [0.2, 0.25) is 0 Å². The largest absolute Gasteiger partial charge is 0.336 e. The van der Waals surface area contributed by atoms with E-state index in [1.807, 2.05) is 55.1 Å². The summed E-state index contributed by atoms with van der Waals surface area (Å²) in [5, 5.41) is 0. The van der Waals surface area contributed by atoms with Crippen molar-refractivity contribution in [2.24, 2.45) is 0 Å². The van der Waals surface area contributed by atoms with Gasteiger partial charge in [0.2, 0.25) is 5.91 Å². The molecular weight excluding hydrogens is 324 g/mol. The van der Waals surface area contributed by atoms with E-state index in [0.29, 0.717) is 13.0 Å². The van der Waals surface area contributed by atoms with Crippen LogP contribution in [0.1, 0.15) is 25.0 Å². The molecule has 0 bridgehead atoms. The van der Waals surface area contributed by atoms with E-state index >= 15 is 0 Å². The third-order valence-electron chi connectivity index (χ3n) is 4.21. The normalized spacial score (nSPS) is 10.7. The fraction of sp³-hybridized carbons (Fsp3) is 0.238. The second kappa shape index (κ2) is 8.34. The molecule has 2 heterocycles. The van der Waals surface area contributed by atoms with Crippen molar-refractivity contribution >= 4 is 5.91 Å². The van der Waals surface area contributed by atoms with Crippen LogP contribution in [0.4, 0.5) is 0 Å². The maximum Gasteiger partial charge on any atom is 0.227 e. The predicted molar refractivity (Wildman–Crippen MR) is 101 cm³/mol. The Balaban J connectivity index is 1.84. The first-order valence-corrected chi connectivity index (χ1v) is 8.68. The van der Waals surface area contributed by atoms with Crippen molar-refractivity contribution in [2.75, 3.05) is 0 Å². The third-order valence-corrected chi connectivity index (χ3v) is 4.21. The standard InChI is InChI=1S/C21H22N4O/c1-16(2)25(21(26)11-17-12-22-15-23-13-17)14-18-7-3-4-8-19(18)20-9-5-6-10-24-20/h3-10,12-13,15-16H,11,14H2,1-2H3. The molecule has 0 saturated carbocycles. The number of amides is 1. The third kappa shape index (κ3) is 4.30. The van der Waals surface area contributed by atoms with E-state index < -0.39 is 0 Å². The van der Waals surface area contributed by atoms with Gasteiger partial charge in [0.1, 0.15) is 6.33 Å². The van der Waals surface area contributed by atoms with Crippen molar-refractivity contribution in [3.05, 3.63) is 78.5 Å². The lowest BCUT2D eigenvalue weighted by Gasteiger charge is -2.28. The zero-order valence-electron chi connectivity index (χ0n) is 15.0. The fourth-order valence-electron chi connectivity index (χ4n) is 2.87. The van der Waals surface area contributed by atoms with E-state index in [1.165, 1.54) is 6.33 Å². The van der Waals surface area contributed by atoms with Crippen LogP contribution in [0.15, 0.2) is 67.4 Å². The summed E-state index contributed by atoms with van der Waals surface area (Å²) >= 11 is 0. The van der Waals surface area contributed by atoms with E-state index in [0.717, 1.165) is 22.4 Å². The van der Waals surface area contributed by atoms with Gasteiger partial charge in [-0.3, -0.25) is 9.78 Å². The minimum absolute atomic E-state index is 0.0608. The Morgan fingerprint density at radius 1 is 1.04 bits per heavy atom. The van der Waals surface area contributed by atoms with Crippen molar-refractivity contribution in [1.29, 1.82) is 0 Å². The van der Waals surface area contributed by atoms with Gasteiger partial charge in [-0.25, -0.2) is 9.97 Å². The summed E-state index contributed by atoms with van der Waals surface area (Å²) in [4.78, 5) is 27.2. The molecule has 26 heavy (non-hydrogen) atoms. The summed E-state index contributed by atoms with van der Waals surface area (Å²) < 4.78 is 0. The monoisotopic (exact) mass is 346 g/mol. The summed E-state index contributed by atoms with van der Waals surface area (Å²) in [6, 6.07) is 14.0. The number of nitrogens with zero attached hydrogens (tertiary/aromatic N) is 4. The van der Waals surface area contributed by atoms with Gasteiger partial charge in [-0.05, 0) is 37.1 Å². The van der Waals surface area contributed by atoms with Gasteiger partial charge < -0.3 is 4.90 Å². The molecular formula is C21H22N4O. The van der Waals surface area contributed by atoms with Crippen LogP contribution < -0.4 is 0 Å². The quantitative estimate of drug-likeness (QED) is 0.685. The zero-order chi connectivity index (χ0) is 18.4. The van der Waals surface area contributed by atoms with Crippen molar-refractivity contribution in [1.82, 2.24) is 19.9 Å². The average molecular weight is 346 g/mol. The van der Waals surface area contributed by atoms with Crippen LogP contribution in [0, 0.1) is 0 Å². The van der Waals surface area contributed by atoms with Gasteiger partial charge in [0.25, 0.3) is 0 Å². The first-order chi connectivity index (χ1) is 12.6. The highest BCUT2D eigenvalue weighted by Gasteiger charge is 2.19. The molecule has 0 spiro atoms. The van der Waals surface area contributed by atoms with Crippen LogP contribution in [-0.2, 0) is 17.8 Å².